The van der Waals surface area contributed by atoms with Gasteiger partial charge in [0, 0.05) is 31.1 Å². The molecular formula is C15H23FN2O2. The minimum Gasteiger partial charge on any atom is -0.472 e. The van der Waals surface area contributed by atoms with E-state index >= 15 is 0 Å². The van der Waals surface area contributed by atoms with Crippen molar-refractivity contribution in [2.45, 2.75) is 58.5 Å². The third-order valence-corrected chi connectivity index (χ3v) is 3.44. The number of aromatic nitrogens is 1. The van der Waals surface area contributed by atoms with Crippen LogP contribution in [-0.4, -0.2) is 29.8 Å². The molecule has 0 aromatic carbocycles. The second-order valence-electron chi connectivity index (χ2n) is 5.34. The molecule has 1 aromatic rings. The number of pyridine rings is 1. The Morgan fingerprint density at radius 1 is 1.40 bits per heavy atom. The normalized spacial score (nSPS) is 26.5. The third-order valence-electron chi connectivity index (χ3n) is 3.44. The highest BCUT2D eigenvalue weighted by Gasteiger charge is 2.27. The molecule has 2 rings (SSSR count). The van der Waals surface area contributed by atoms with E-state index in [0.717, 1.165) is 19.4 Å². The Bertz CT molecular complexity index is 432. The number of nitrogens with one attached hydrogen (secondary N) is 1. The molecule has 4 nitrogen and oxygen atoms in total. The molecule has 2 heterocycles. The summed E-state index contributed by atoms with van der Waals surface area (Å²) in [5, 5.41) is 3.11. The maximum absolute atomic E-state index is 14.3. The van der Waals surface area contributed by atoms with E-state index in [0.29, 0.717) is 12.1 Å². The van der Waals surface area contributed by atoms with E-state index in [-0.39, 0.29) is 30.0 Å². The van der Waals surface area contributed by atoms with Crippen molar-refractivity contribution < 1.29 is 13.9 Å². The van der Waals surface area contributed by atoms with Crippen LogP contribution in [0.25, 0.3) is 0 Å². The van der Waals surface area contributed by atoms with E-state index in [9.17, 15) is 4.39 Å². The van der Waals surface area contributed by atoms with Gasteiger partial charge in [0.15, 0.2) is 5.82 Å². The lowest BCUT2D eigenvalue weighted by Crippen LogP contribution is -2.36. The summed E-state index contributed by atoms with van der Waals surface area (Å²) in [6.45, 7) is 7.30. The molecule has 2 atom stereocenters. The second kappa shape index (κ2) is 6.99. The summed E-state index contributed by atoms with van der Waals surface area (Å²) < 4.78 is 25.7. The molecule has 0 spiro atoms. The molecule has 112 valence electrons. The molecule has 0 radical (unpaired) electrons. The summed E-state index contributed by atoms with van der Waals surface area (Å²) in [5.74, 6) is -0.257. The number of hydrogen-bond acceptors (Lipinski definition) is 4. The summed E-state index contributed by atoms with van der Waals surface area (Å²) in [7, 11) is 0. The fourth-order valence-electron chi connectivity index (χ4n) is 2.54. The van der Waals surface area contributed by atoms with Gasteiger partial charge in [0.05, 0.1) is 12.2 Å². The quantitative estimate of drug-likeness (QED) is 0.901. The number of halogens is 1. The highest BCUT2D eigenvalue weighted by Crippen LogP contribution is 2.25. The molecule has 1 aliphatic heterocycles. The SMILES string of the molecule is CCNCc1ccnc(OC2CC(C)OC(C)C2)c1F. The molecule has 5 heteroatoms. The molecule has 0 bridgehead atoms. The van der Waals surface area contributed by atoms with E-state index < -0.39 is 0 Å². The van der Waals surface area contributed by atoms with Gasteiger partial charge in [-0.1, -0.05) is 6.92 Å². The van der Waals surface area contributed by atoms with E-state index in [1.54, 1.807) is 12.3 Å². The summed E-state index contributed by atoms with van der Waals surface area (Å²) in [6.07, 6.45) is 3.36. The van der Waals surface area contributed by atoms with Gasteiger partial charge in [0.2, 0.25) is 0 Å². The predicted molar refractivity (Wildman–Crippen MR) is 75.2 cm³/mol. The Kier molecular flexibility index (Phi) is 5.31. The van der Waals surface area contributed by atoms with Crippen LogP contribution in [0.5, 0.6) is 5.88 Å². The highest BCUT2D eigenvalue weighted by molar-refractivity contribution is 5.23. The zero-order valence-corrected chi connectivity index (χ0v) is 12.4. The van der Waals surface area contributed by atoms with Gasteiger partial charge in [-0.05, 0) is 26.5 Å². The summed E-state index contributed by atoms with van der Waals surface area (Å²) in [5.41, 5.74) is 0.588. The van der Waals surface area contributed by atoms with Crippen molar-refractivity contribution in [2.24, 2.45) is 0 Å². The first kappa shape index (κ1) is 15.2. The molecule has 20 heavy (non-hydrogen) atoms. The predicted octanol–water partition coefficient (Wildman–Crippen LogP) is 2.67. The fourth-order valence-corrected chi connectivity index (χ4v) is 2.54. The molecule has 1 aromatic heterocycles. The number of hydrogen-bond donors (Lipinski definition) is 1. The van der Waals surface area contributed by atoms with Crippen LogP contribution in [0, 0.1) is 5.82 Å². The number of rotatable bonds is 5. The van der Waals surface area contributed by atoms with Gasteiger partial charge in [-0.25, -0.2) is 9.37 Å². The smallest absolute Gasteiger partial charge is 0.250 e. The Hall–Kier alpha value is -1.20. The Morgan fingerprint density at radius 3 is 2.75 bits per heavy atom. The van der Waals surface area contributed by atoms with Crippen molar-refractivity contribution in [2.75, 3.05) is 6.54 Å². The van der Waals surface area contributed by atoms with Crippen molar-refractivity contribution >= 4 is 0 Å². The van der Waals surface area contributed by atoms with E-state index in [1.165, 1.54) is 0 Å². The van der Waals surface area contributed by atoms with Gasteiger partial charge in [-0.3, -0.25) is 0 Å². The number of ether oxygens (including phenoxy) is 2. The summed E-state index contributed by atoms with van der Waals surface area (Å²) in [4.78, 5) is 4.03. The Labute approximate surface area is 119 Å². The first-order valence-electron chi connectivity index (χ1n) is 7.26. The third kappa shape index (κ3) is 3.90. The molecule has 0 aliphatic carbocycles. The maximum Gasteiger partial charge on any atom is 0.250 e. The van der Waals surface area contributed by atoms with Gasteiger partial charge in [0.1, 0.15) is 6.10 Å². The van der Waals surface area contributed by atoms with Gasteiger partial charge in [-0.2, -0.15) is 0 Å². The molecule has 2 unspecified atom stereocenters. The van der Waals surface area contributed by atoms with Crippen molar-refractivity contribution in [1.82, 2.24) is 10.3 Å². The minimum absolute atomic E-state index is 0.0369. The summed E-state index contributed by atoms with van der Waals surface area (Å²) in [6, 6.07) is 1.68. The zero-order valence-electron chi connectivity index (χ0n) is 12.4. The van der Waals surface area contributed by atoms with Crippen LogP contribution in [-0.2, 0) is 11.3 Å². The molecule has 0 saturated carbocycles. The van der Waals surface area contributed by atoms with Crippen LogP contribution in [0.1, 0.15) is 39.2 Å². The van der Waals surface area contributed by atoms with Crippen LogP contribution in [0.4, 0.5) is 4.39 Å². The fraction of sp³-hybridized carbons (Fsp3) is 0.667. The van der Waals surface area contributed by atoms with Crippen LogP contribution in [0.15, 0.2) is 12.3 Å². The lowest BCUT2D eigenvalue weighted by molar-refractivity contribution is -0.0737. The molecule has 1 saturated heterocycles. The zero-order chi connectivity index (χ0) is 14.5. The topological polar surface area (TPSA) is 43.4 Å². The molecule has 1 aliphatic rings. The molecule has 0 amide bonds. The summed E-state index contributed by atoms with van der Waals surface area (Å²) >= 11 is 0. The average Bonchev–Trinajstić information content (AvgIpc) is 2.38. The van der Waals surface area contributed by atoms with Crippen LogP contribution in [0.2, 0.25) is 0 Å². The van der Waals surface area contributed by atoms with Crippen LogP contribution < -0.4 is 10.1 Å². The largest absolute Gasteiger partial charge is 0.472 e. The highest BCUT2D eigenvalue weighted by atomic mass is 19.1. The lowest BCUT2D eigenvalue weighted by atomic mass is 10.0. The maximum atomic E-state index is 14.3. The average molecular weight is 282 g/mol. The standard InChI is InChI=1S/C15H23FN2O2/c1-4-17-9-12-5-6-18-15(14(12)16)20-13-7-10(2)19-11(3)8-13/h5-6,10-11,13,17H,4,7-9H2,1-3H3. The first-order valence-corrected chi connectivity index (χ1v) is 7.26. The Balaban J connectivity index is 2.05. The minimum atomic E-state index is -0.361. The van der Waals surface area contributed by atoms with Gasteiger partial charge in [-0.15, -0.1) is 0 Å². The van der Waals surface area contributed by atoms with Crippen molar-refractivity contribution in [3.8, 4) is 5.88 Å². The first-order chi connectivity index (χ1) is 9.60. The second-order valence-corrected chi connectivity index (χ2v) is 5.34. The molecular weight excluding hydrogens is 259 g/mol. The number of nitrogens with zero attached hydrogens (tertiary/aromatic N) is 1. The molecule has 1 fully saturated rings. The molecule has 1 N–H and O–H groups in total. The van der Waals surface area contributed by atoms with E-state index in [1.807, 2.05) is 20.8 Å². The van der Waals surface area contributed by atoms with Gasteiger partial charge in [0.25, 0.3) is 5.88 Å². The lowest BCUT2D eigenvalue weighted by Gasteiger charge is -2.32. The monoisotopic (exact) mass is 282 g/mol. The Morgan fingerprint density at radius 2 is 2.10 bits per heavy atom. The van der Waals surface area contributed by atoms with E-state index in [2.05, 4.69) is 10.3 Å². The van der Waals surface area contributed by atoms with Crippen LogP contribution >= 0.6 is 0 Å². The van der Waals surface area contributed by atoms with Crippen molar-refractivity contribution in [3.05, 3.63) is 23.6 Å². The van der Waals surface area contributed by atoms with Gasteiger partial charge >= 0.3 is 0 Å². The van der Waals surface area contributed by atoms with Crippen LogP contribution in [0.3, 0.4) is 0 Å². The van der Waals surface area contributed by atoms with Crippen molar-refractivity contribution in [1.29, 1.82) is 0 Å². The van der Waals surface area contributed by atoms with Gasteiger partial charge < -0.3 is 14.8 Å². The van der Waals surface area contributed by atoms with Crippen molar-refractivity contribution in [3.63, 3.8) is 0 Å². The van der Waals surface area contributed by atoms with E-state index in [4.69, 9.17) is 9.47 Å².